The van der Waals surface area contributed by atoms with Crippen molar-refractivity contribution in [2.45, 2.75) is 39.2 Å². The summed E-state index contributed by atoms with van der Waals surface area (Å²) in [5.74, 6) is -0.506. The number of nitrogens with zero attached hydrogens (tertiary/aromatic N) is 1. The van der Waals surface area contributed by atoms with E-state index in [9.17, 15) is 9.59 Å². The first-order valence-corrected chi connectivity index (χ1v) is 5.27. The zero-order valence-electron chi connectivity index (χ0n) is 9.53. The van der Waals surface area contributed by atoms with Crippen molar-refractivity contribution in [1.82, 2.24) is 4.90 Å². The average molecular weight is 215 g/mol. The van der Waals surface area contributed by atoms with Gasteiger partial charge in [0, 0.05) is 12.5 Å². The summed E-state index contributed by atoms with van der Waals surface area (Å²) < 4.78 is 0. The fourth-order valence-corrected chi connectivity index (χ4v) is 1.29. The molecule has 0 bridgehead atoms. The number of amides is 2. The lowest BCUT2D eigenvalue weighted by atomic mass is 10.2. The Morgan fingerprint density at radius 1 is 1.27 bits per heavy atom. The summed E-state index contributed by atoms with van der Waals surface area (Å²) in [6.45, 7) is 4.32. The van der Waals surface area contributed by atoms with Crippen LogP contribution in [0.25, 0.3) is 0 Å². The van der Waals surface area contributed by atoms with Crippen LogP contribution in [0.1, 0.15) is 33.1 Å². The van der Waals surface area contributed by atoms with Gasteiger partial charge in [0.2, 0.25) is 11.8 Å². The van der Waals surface area contributed by atoms with E-state index in [0.29, 0.717) is 13.0 Å². The molecule has 0 atom stereocenters. The zero-order chi connectivity index (χ0) is 11.8. The predicted molar refractivity (Wildman–Crippen MR) is 58.9 cm³/mol. The normalized spacial score (nSPS) is 10.4. The van der Waals surface area contributed by atoms with Crippen molar-refractivity contribution in [3.05, 3.63) is 0 Å². The number of hydrogen-bond donors (Lipinski definition) is 2. The molecule has 0 fully saturated rings. The Morgan fingerprint density at radius 2 is 1.87 bits per heavy atom. The van der Waals surface area contributed by atoms with E-state index >= 15 is 0 Å². The molecule has 2 amide bonds. The van der Waals surface area contributed by atoms with Crippen LogP contribution in [0.15, 0.2) is 0 Å². The van der Waals surface area contributed by atoms with Gasteiger partial charge in [-0.15, -0.1) is 0 Å². The first-order valence-electron chi connectivity index (χ1n) is 5.27. The molecule has 0 aliphatic heterocycles. The molecule has 0 aromatic rings. The Kier molecular flexibility index (Phi) is 6.70. The second kappa shape index (κ2) is 7.23. The van der Waals surface area contributed by atoms with Gasteiger partial charge < -0.3 is 16.4 Å². The van der Waals surface area contributed by atoms with Gasteiger partial charge in [0.1, 0.15) is 0 Å². The Hall–Kier alpha value is -1.10. The minimum atomic E-state index is -0.476. The van der Waals surface area contributed by atoms with E-state index in [0.717, 1.165) is 12.8 Å². The van der Waals surface area contributed by atoms with Crippen molar-refractivity contribution in [1.29, 1.82) is 0 Å². The van der Waals surface area contributed by atoms with Crippen LogP contribution in [0, 0.1) is 0 Å². The van der Waals surface area contributed by atoms with Crippen LogP contribution >= 0.6 is 0 Å². The van der Waals surface area contributed by atoms with Gasteiger partial charge in [-0.3, -0.25) is 9.59 Å². The molecule has 5 nitrogen and oxygen atoms in total. The van der Waals surface area contributed by atoms with Crippen LogP contribution in [-0.4, -0.2) is 35.8 Å². The number of carbonyl (C=O) groups is 2. The monoisotopic (exact) mass is 215 g/mol. The topological polar surface area (TPSA) is 89.4 Å². The average Bonchev–Trinajstić information content (AvgIpc) is 2.13. The lowest BCUT2D eigenvalue weighted by Crippen LogP contribution is -2.42. The van der Waals surface area contributed by atoms with Gasteiger partial charge in [-0.2, -0.15) is 0 Å². The van der Waals surface area contributed by atoms with Gasteiger partial charge in [-0.05, 0) is 33.2 Å². The molecule has 0 aromatic carbocycles. The smallest absolute Gasteiger partial charge is 0.237 e. The van der Waals surface area contributed by atoms with Crippen LogP contribution in [0.5, 0.6) is 0 Å². The van der Waals surface area contributed by atoms with Crippen LogP contribution in [0.4, 0.5) is 0 Å². The van der Waals surface area contributed by atoms with E-state index < -0.39 is 5.91 Å². The second-order valence-electron chi connectivity index (χ2n) is 3.83. The maximum Gasteiger partial charge on any atom is 0.237 e. The molecule has 0 saturated heterocycles. The molecule has 0 rings (SSSR count). The molecule has 0 spiro atoms. The van der Waals surface area contributed by atoms with Crippen LogP contribution in [-0.2, 0) is 9.59 Å². The molecule has 88 valence electrons. The molecular weight excluding hydrogens is 194 g/mol. The standard InChI is InChI=1S/C10H21N3O2/c1-8(2)13(7-9(12)14)10(15)5-3-4-6-11/h8H,3-7,11H2,1-2H3,(H2,12,14). The SMILES string of the molecule is CC(C)N(CC(N)=O)C(=O)CCCCN. The van der Waals surface area contributed by atoms with Crippen molar-refractivity contribution in [3.63, 3.8) is 0 Å². The van der Waals surface area contributed by atoms with E-state index in [4.69, 9.17) is 11.5 Å². The summed E-state index contributed by atoms with van der Waals surface area (Å²) in [5, 5.41) is 0. The predicted octanol–water partition coefficient (Wildman–Crippen LogP) is -0.162. The van der Waals surface area contributed by atoms with E-state index in [2.05, 4.69) is 0 Å². The number of rotatable bonds is 7. The van der Waals surface area contributed by atoms with E-state index in [-0.39, 0.29) is 18.5 Å². The molecule has 0 saturated carbocycles. The minimum absolute atomic E-state index is 0.000868. The molecular formula is C10H21N3O2. The molecule has 4 N–H and O–H groups in total. The van der Waals surface area contributed by atoms with Crippen LogP contribution < -0.4 is 11.5 Å². The minimum Gasteiger partial charge on any atom is -0.368 e. The molecule has 5 heteroatoms. The van der Waals surface area contributed by atoms with Crippen molar-refractivity contribution in [2.24, 2.45) is 11.5 Å². The van der Waals surface area contributed by atoms with Gasteiger partial charge in [0.25, 0.3) is 0 Å². The Morgan fingerprint density at radius 3 is 2.27 bits per heavy atom. The molecule has 0 aromatic heterocycles. The fraction of sp³-hybridized carbons (Fsp3) is 0.800. The largest absolute Gasteiger partial charge is 0.368 e. The van der Waals surface area contributed by atoms with E-state index in [1.54, 1.807) is 0 Å². The van der Waals surface area contributed by atoms with Crippen LogP contribution in [0.2, 0.25) is 0 Å². The summed E-state index contributed by atoms with van der Waals surface area (Å²) in [6.07, 6.45) is 2.02. The Bertz CT molecular complexity index is 217. The highest BCUT2D eigenvalue weighted by Gasteiger charge is 2.17. The molecule has 0 radical (unpaired) electrons. The lowest BCUT2D eigenvalue weighted by molar-refractivity contribution is -0.137. The number of hydrogen-bond acceptors (Lipinski definition) is 3. The van der Waals surface area contributed by atoms with E-state index in [1.165, 1.54) is 4.90 Å². The third kappa shape index (κ3) is 6.06. The van der Waals surface area contributed by atoms with Crippen LogP contribution in [0.3, 0.4) is 0 Å². The zero-order valence-corrected chi connectivity index (χ0v) is 9.53. The number of primary amides is 1. The molecule has 0 heterocycles. The Labute approximate surface area is 90.8 Å². The highest BCUT2D eigenvalue weighted by Crippen LogP contribution is 2.04. The third-order valence-electron chi connectivity index (χ3n) is 2.11. The highest BCUT2D eigenvalue weighted by atomic mass is 16.2. The number of carbonyl (C=O) groups excluding carboxylic acids is 2. The van der Waals surface area contributed by atoms with Crippen molar-refractivity contribution >= 4 is 11.8 Å². The number of unbranched alkanes of at least 4 members (excludes halogenated alkanes) is 1. The maximum absolute atomic E-state index is 11.7. The second-order valence-corrected chi connectivity index (χ2v) is 3.83. The van der Waals surface area contributed by atoms with Gasteiger partial charge in [-0.1, -0.05) is 0 Å². The summed E-state index contributed by atoms with van der Waals surface area (Å²) in [5.41, 5.74) is 10.4. The first kappa shape index (κ1) is 13.9. The molecule has 0 aliphatic rings. The first-order chi connectivity index (χ1) is 6.99. The van der Waals surface area contributed by atoms with E-state index in [1.807, 2.05) is 13.8 Å². The number of nitrogens with two attached hydrogens (primary N) is 2. The molecule has 0 aliphatic carbocycles. The van der Waals surface area contributed by atoms with Gasteiger partial charge >= 0.3 is 0 Å². The fourth-order valence-electron chi connectivity index (χ4n) is 1.29. The maximum atomic E-state index is 11.7. The summed E-state index contributed by atoms with van der Waals surface area (Å²) >= 11 is 0. The van der Waals surface area contributed by atoms with Crippen molar-refractivity contribution < 1.29 is 9.59 Å². The van der Waals surface area contributed by atoms with Gasteiger partial charge in [-0.25, -0.2) is 0 Å². The molecule has 0 unspecified atom stereocenters. The highest BCUT2D eigenvalue weighted by molar-refractivity contribution is 5.83. The Balaban J connectivity index is 4.11. The molecule has 15 heavy (non-hydrogen) atoms. The van der Waals surface area contributed by atoms with Crippen molar-refractivity contribution in [3.8, 4) is 0 Å². The van der Waals surface area contributed by atoms with Gasteiger partial charge in [0.05, 0.1) is 6.54 Å². The third-order valence-corrected chi connectivity index (χ3v) is 2.11. The summed E-state index contributed by atoms with van der Waals surface area (Å²) in [6, 6.07) is 0.00266. The van der Waals surface area contributed by atoms with Crippen molar-refractivity contribution in [2.75, 3.05) is 13.1 Å². The quantitative estimate of drug-likeness (QED) is 0.578. The van der Waals surface area contributed by atoms with Gasteiger partial charge in [0.15, 0.2) is 0 Å². The summed E-state index contributed by atoms with van der Waals surface area (Å²) in [7, 11) is 0. The summed E-state index contributed by atoms with van der Waals surface area (Å²) in [4.78, 5) is 23.9. The lowest BCUT2D eigenvalue weighted by Gasteiger charge is -2.25.